The lowest BCUT2D eigenvalue weighted by Crippen LogP contribution is -2.37. The van der Waals surface area contributed by atoms with Crippen molar-refractivity contribution in [1.29, 1.82) is 5.26 Å². The summed E-state index contributed by atoms with van der Waals surface area (Å²) in [7, 11) is 0. The lowest BCUT2D eigenvalue weighted by molar-refractivity contribution is -0.110. The molecule has 5 nitrogen and oxygen atoms in total. The van der Waals surface area contributed by atoms with Crippen LogP contribution in [0.3, 0.4) is 0 Å². The predicted molar refractivity (Wildman–Crippen MR) is 76.1 cm³/mol. The molecular formula is C16H20N2O3. The van der Waals surface area contributed by atoms with Crippen molar-refractivity contribution < 1.29 is 14.2 Å². The molecule has 5 heteroatoms. The average molecular weight is 288 g/mol. The number of aromatic nitrogens is 1. The van der Waals surface area contributed by atoms with Gasteiger partial charge in [-0.2, -0.15) is 5.26 Å². The maximum atomic E-state index is 8.81. The molecule has 0 aromatic carbocycles. The zero-order valence-corrected chi connectivity index (χ0v) is 12.3. The largest absolute Gasteiger partial charge is 0.489 e. The molecule has 1 atom stereocenters. The zero-order chi connectivity index (χ0) is 14.7. The van der Waals surface area contributed by atoms with Crippen molar-refractivity contribution in [2.75, 3.05) is 19.8 Å². The van der Waals surface area contributed by atoms with Crippen LogP contribution in [-0.2, 0) is 9.47 Å². The maximum Gasteiger partial charge on any atom is 0.141 e. The van der Waals surface area contributed by atoms with Gasteiger partial charge in [-0.1, -0.05) is 0 Å². The summed E-state index contributed by atoms with van der Waals surface area (Å²) in [4.78, 5) is 4.18. The van der Waals surface area contributed by atoms with E-state index in [0.29, 0.717) is 12.3 Å². The van der Waals surface area contributed by atoms with Gasteiger partial charge in [0, 0.05) is 13.2 Å². The van der Waals surface area contributed by atoms with Crippen LogP contribution in [0.4, 0.5) is 0 Å². The van der Waals surface area contributed by atoms with Gasteiger partial charge in [0.05, 0.1) is 17.4 Å². The standard InChI is InChI=1S/C16H20N2O3/c1-12-15(3-2-13(10-17)18-12)20-11-14-4-5-16(21-14)6-8-19-9-7-16/h2-3,14H,4-9,11H2,1H3. The third-order valence-corrected chi connectivity index (χ3v) is 4.32. The maximum absolute atomic E-state index is 8.81. The minimum absolute atomic E-state index is 0.0181. The number of hydrogen-bond donors (Lipinski definition) is 0. The highest BCUT2D eigenvalue weighted by molar-refractivity contribution is 5.32. The van der Waals surface area contributed by atoms with E-state index in [1.165, 1.54) is 0 Å². The fourth-order valence-corrected chi connectivity index (χ4v) is 3.07. The number of aryl methyl sites for hydroxylation is 1. The van der Waals surface area contributed by atoms with E-state index in [0.717, 1.165) is 50.3 Å². The summed E-state index contributed by atoms with van der Waals surface area (Å²) >= 11 is 0. The Hall–Kier alpha value is -1.64. The second kappa shape index (κ2) is 6.00. The van der Waals surface area contributed by atoms with Gasteiger partial charge >= 0.3 is 0 Å². The highest BCUT2D eigenvalue weighted by Crippen LogP contribution is 2.38. The average Bonchev–Trinajstić information content (AvgIpc) is 2.89. The Morgan fingerprint density at radius 3 is 2.90 bits per heavy atom. The van der Waals surface area contributed by atoms with Gasteiger partial charge in [0.1, 0.15) is 24.1 Å². The van der Waals surface area contributed by atoms with E-state index in [-0.39, 0.29) is 11.7 Å². The Morgan fingerprint density at radius 1 is 1.38 bits per heavy atom. The minimum Gasteiger partial charge on any atom is -0.489 e. The van der Waals surface area contributed by atoms with Crippen LogP contribution in [-0.4, -0.2) is 36.5 Å². The highest BCUT2D eigenvalue weighted by atomic mass is 16.6. The number of nitriles is 1. The lowest BCUT2D eigenvalue weighted by atomic mass is 9.91. The van der Waals surface area contributed by atoms with Crippen molar-refractivity contribution in [1.82, 2.24) is 4.98 Å². The smallest absolute Gasteiger partial charge is 0.141 e. The van der Waals surface area contributed by atoms with Crippen molar-refractivity contribution in [3.8, 4) is 11.8 Å². The van der Waals surface area contributed by atoms with E-state index in [2.05, 4.69) is 4.98 Å². The van der Waals surface area contributed by atoms with E-state index in [4.69, 9.17) is 19.5 Å². The number of pyridine rings is 1. The first-order valence-corrected chi connectivity index (χ1v) is 7.47. The molecule has 2 aliphatic rings. The summed E-state index contributed by atoms with van der Waals surface area (Å²) in [5.41, 5.74) is 1.18. The molecular weight excluding hydrogens is 268 g/mol. The molecule has 1 spiro atoms. The Labute approximate surface area is 124 Å². The van der Waals surface area contributed by atoms with Gasteiger partial charge in [-0.3, -0.25) is 0 Å². The van der Waals surface area contributed by atoms with E-state index in [1.54, 1.807) is 12.1 Å². The second-order valence-corrected chi connectivity index (χ2v) is 5.78. The fraction of sp³-hybridized carbons (Fsp3) is 0.625. The van der Waals surface area contributed by atoms with Crippen molar-refractivity contribution in [3.05, 3.63) is 23.5 Å². The number of ether oxygens (including phenoxy) is 3. The summed E-state index contributed by atoms with van der Waals surface area (Å²) in [6, 6.07) is 5.51. The lowest BCUT2D eigenvalue weighted by Gasteiger charge is -2.33. The quantitative estimate of drug-likeness (QED) is 0.854. The van der Waals surface area contributed by atoms with Crippen LogP contribution in [0.1, 0.15) is 37.1 Å². The monoisotopic (exact) mass is 288 g/mol. The summed E-state index contributed by atoms with van der Waals surface area (Å²) in [6.45, 7) is 3.99. The van der Waals surface area contributed by atoms with Crippen LogP contribution in [0, 0.1) is 18.3 Å². The zero-order valence-electron chi connectivity index (χ0n) is 12.3. The second-order valence-electron chi connectivity index (χ2n) is 5.78. The molecule has 2 fully saturated rings. The van der Waals surface area contributed by atoms with E-state index >= 15 is 0 Å². The first kappa shape index (κ1) is 14.3. The SMILES string of the molecule is Cc1nc(C#N)ccc1OCC1CCC2(CCOCC2)O1. The van der Waals surface area contributed by atoms with Crippen LogP contribution < -0.4 is 4.74 Å². The van der Waals surface area contributed by atoms with Crippen LogP contribution in [0.2, 0.25) is 0 Å². The first-order chi connectivity index (χ1) is 10.2. The summed E-state index contributed by atoms with van der Waals surface area (Å²) < 4.78 is 17.5. The van der Waals surface area contributed by atoms with Crippen LogP contribution in [0.15, 0.2) is 12.1 Å². The Balaban J connectivity index is 1.55. The molecule has 112 valence electrons. The summed E-state index contributed by atoms with van der Waals surface area (Å²) in [5.74, 6) is 0.727. The molecule has 0 bridgehead atoms. The minimum atomic E-state index is 0.0181. The van der Waals surface area contributed by atoms with Gasteiger partial charge in [-0.05, 0) is 44.7 Å². The molecule has 3 rings (SSSR count). The van der Waals surface area contributed by atoms with Gasteiger partial charge in [0.25, 0.3) is 0 Å². The molecule has 0 N–H and O–H groups in total. The van der Waals surface area contributed by atoms with Crippen LogP contribution in [0.25, 0.3) is 0 Å². The topological polar surface area (TPSA) is 64.4 Å². The molecule has 1 aromatic rings. The molecule has 0 saturated carbocycles. The molecule has 0 radical (unpaired) electrons. The first-order valence-electron chi connectivity index (χ1n) is 7.47. The molecule has 0 aliphatic carbocycles. The Bertz CT molecular complexity index is 547. The predicted octanol–water partition coefficient (Wildman–Crippen LogP) is 2.37. The van der Waals surface area contributed by atoms with Gasteiger partial charge in [-0.25, -0.2) is 4.98 Å². The van der Waals surface area contributed by atoms with Crippen molar-refractivity contribution in [3.63, 3.8) is 0 Å². The van der Waals surface area contributed by atoms with Gasteiger partial charge < -0.3 is 14.2 Å². The Kier molecular flexibility index (Phi) is 4.09. The van der Waals surface area contributed by atoms with E-state index in [9.17, 15) is 0 Å². The molecule has 21 heavy (non-hydrogen) atoms. The normalized spacial score (nSPS) is 23.9. The third-order valence-electron chi connectivity index (χ3n) is 4.32. The fourth-order valence-electron chi connectivity index (χ4n) is 3.07. The van der Waals surface area contributed by atoms with E-state index < -0.39 is 0 Å². The molecule has 1 unspecified atom stereocenters. The molecule has 0 amide bonds. The molecule has 1 aromatic heterocycles. The Morgan fingerprint density at radius 2 is 2.19 bits per heavy atom. The molecule has 2 aliphatic heterocycles. The summed E-state index contributed by atoms with van der Waals surface area (Å²) in [6.07, 6.45) is 4.23. The van der Waals surface area contributed by atoms with Gasteiger partial charge in [0.15, 0.2) is 0 Å². The van der Waals surface area contributed by atoms with Gasteiger partial charge in [0.2, 0.25) is 0 Å². The van der Waals surface area contributed by atoms with Crippen molar-refractivity contribution in [2.45, 2.75) is 44.3 Å². The van der Waals surface area contributed by atoms with Gasteiger partial charge in [-0.15, -0.1) is 0 Å². The van der Waals surface area contributed by atoms with Crippen LogP contribution in [0.5, 0.6) is 5.75 Å². The third kappa shape index (κ3) is 3.17. The highest BCUT2D eigenvalue weighted by Gasteiger charge is 2.41. The molecule has 2 saturated heterocycles. The van der Waals surface area contributed by atoms with Crippen molar-refractivity contribution in [2.24, 2.45) is 0 Å². The van der Waals surface area contributed by atoms with Crippen LogP contribution >= 0.6 is 0 Å². The van der Waals surface area contributed by atoms with Crippen molar-refractivity contribution >= 4 is 0 Å². The van der Waals surface area contributed by atoms with E-state index in [1.807, 2.05) is 13.0 Å². The number of nitrogens with zero attached hydrogens (tertiary/aromatic N) is 2. The summed E-state index contributed by atoms with van der Waals surface area (Å²) in [5, 5.41) is 8.81. The number of hydrogen-bond acceptors (Lipinski definition) is 5. The number of rotatable bonds is 3. The molecule has 3 heterocycles.